The normalized spacial score (nSPS) is 10.6. The molecule has 0 saturated heterocycles. The Hall–Kier alpha value is -1.14. The predicted molar refractivity (Wildman–Crippen MR) is 61.3 cm³/mol. The van der Waals surface area contributed by atoms with Gasteiger partial charge in [0.1, 0.15) is 0 Å². The van der Waals surface area contributed by atoms with Crippen LogP contribution in [0.5, 0.6) is 0 Å². The highest BCUT2D eigenvalue weighted by Gasteiger charge is 2.03. The highest BCUT2D eigenvalue weighted by atomic mass is 16.5. The zero-order valence-electron chi connectivity index (χ0n) is 9.95. The van der Waals surface area contributed by atoms with Gasteiger partial charge >= 0.3 is 6.01 Å². The first-order valence-electron chi connectivity index (χ1n) is 5.65. The second-order valence-electron chi connectivity index (χ2n) is 3.42. The number of nitrogens with zero attached hydrogens (tertiary/aromatic N) is 2. The number of hydrogen-bond acceptors (Lipinski definition) is 6. The Balaban J connectivity index is 2.07. The average Bonchev–Trinajstić information content (AvgIpc) is 2.72. The molecule has 1 aromatic rings. The Bertz CT molecular complexity index is 278. The maximum absolute atomic E-state index is 5.35. The van der Waals surface area contributed by atoms with Crippen molar-refractivity contribution in [3.8, 4) is 0 Å². The van der Waals surface area contributed by atoms with Crippen molar-refractivity contribution in [3.05, 3.63) is 5.89 Å². The van der Waals surface area contributed by atoms with Crippen molar-refractivity contribution in [1.82, 2.24) is 15.5 Å². The molecule has 0 aliphatic carbocycles. The fourth-order valence-corrected chi connectivity index (χ4v) is 1.16. The molecule has 1 heterocycles. The third-order valence-corrected chi connectivity index (χ3v) is 1.88. The Morgan fingerprint density at radius 3 is 2.94 bits per heavy atom. The van der Waals surface area contributed by atoms with Gasteiger partial charge in [-0.05, 0) is 19.9 Å². The summed E-state index contributed by atoms with van der Waals surface area (Å²) in [4.78, 5) is 0. The molecular weight excluding hydrogens is 208 g/mol. The van der Waals surface area contributed by atoms with Gasteiger partial charge in [-0.2, -0.15) is 0 Å². The van der Waals surface area contributed by atoms with E-state index in [-0.39, 0.29) is 0 Å². The van der Waals surface area contributed by atoms with Crippen LogP contribution in [0.1, 0.15) is 25.7 Å². The summed E-state index contributed by atoms with van der Waals surface area (Å²) in [6, 6.07) is 0.473. The molecule has 6 heteroatoms. The minimum Gasteiger partial charge on any atom is -0.407 e. The Labute approximate surface area is 95.8 Å². The van der Waals surface area contributed by atoms with E-state index in [0.717, 1.165) is 32.6 Å². The number of rotatable bonds is 9. The molecule has 0 atom stereocenters. The van der Waals surface area contributed by atoms with Gasteiger partial charge < -0.3 is 19.8 Å². The summed E-state index contributed by atoms with van der Waals surface area (Å²) in [5.41, 5.74) is 0. The molecular formula is C10H20N4O2. The van der Waals surface area contributed by atoms with Crippen molar-refractivity contribution in [1.29, 1.82) is 0 Å². The van der Waals surface area contributed by atoms with Crippen molar-refractivity contribution in [2.45, 2.75) is 26.3 Å². The SMILES string of the molecule is CCCOCCCNc1nnc(CNC)o1. The highest BCUT2D eigenvalue weighted by Crippen LogP contribution is 2.04. The van der Waals surface area contributed by atoms with Crippen LogP contribution >= 0.6 is 0 Å². The monoisotopic (exact) mass is 228 g/mol. The van der Waals surface area contributed by atoms with Crippen molar-refractivity contribution < 1.29 is 9.15 Å². The molecule has 6 nitrogen and oxygen atoms in total. The minimum absolute atomic E-state index is 0.473. The van der Waals surface area contributed by atoms with E-state index in [1.165, 1.54) is 0 Å². The van der Waals surface area contributed by atoms with E-state index in [1.54, 1.807) is 0 Å². The first-order valence-corrected chi connectivity index (χ1v) is 5.65. The number of anilines is 1. The van der Waals surface area contributed by atoms with Gasteiger partial charge in [0, 0.05) is 19.8 Å². The molecule has 0 aliphatic rings. The molecule has 0 aliphatic heterocycles. The van der Waals surface area contributed by atoms with E-state index in [1.807, 2.05) is 7.05 Å². The topological polar surface area (TPSA) is 72.2 Å². The van der Waals surface area contributed by atoms with E-state index < -0.39 is 0 Å². The molecule has 92 valence electrons. The second-order valence-corrected chi connectivity index (χ2v) is 3.42. The van der Waals surface area contributed by atoms with Crippen molar-refractivity contribution >= 4 is 6.01 Å². The zero-order valence-corrected chi connectivity index (χ0v) is 9.95. The Morgan fingerprint density at radius 1 is 1.31 bits per heavy atom. The van der Waals surface area contributed by atoms with Gasteiger partial charge in [0.05, 0.1) is 6.54 Å². The van der Waals surface area contributed by atoms with Gasteiger partial charge in [0.2, 0.25) is 5.89 Å². The van der Waals surface area contributed by atoms with E-state index in [9.17, 15) is 0 Å². The Morgan fingerprint density at radius 2 is 2.19 bits per heavy atom. The van der Waals surface area contributed by atoms with Crippen LogP contribution in [-0.4, -0.2) is 37.0 Å². The molecule has 2 N–H and O–H groups in total. The smallest absolute Gasteiger partial charge is 0.315 e. The predicted octanol–water partition coefficient (Wildman–Crippen LogP) is 1.02. The fourth-order valence-electron chi connectivity index (χ4n) is 1.16. The molecule has 0 unspecified atom stereocenters. The average molecular weight is 228 g/mol. The summed E-state index contributed by atoms with van der Waals surface area (Å²) in [5.74, 6) is 0.590. The number of hydrogen-bond donors (Lipinski definition) is 2. The number of aromatic nitrogens is 2. The maximum atomic E-state index is 5.35. The van der Waals surface area contributed by atoms with E-state index >= 15 is 0 Å². The van der Waals surface area contributed by atoms with Gasteiger partial charge in [-0.1, -0.05) is 12.0 Å². The van der Waals surface area contributed by atoms with Gasteiger partial charge in [-0.15, -0.1) is 5.10 Å². The first kappa shape index (κ1) is 12.9. The standard InChI is InChI=1S/C10H20N4O2/c1-3-6-15-7-4-5-12-10-14-13-9(16-10)8-11-2/h11H,3-8H2,1-2H3,(H,12,14). The third-order valence-electron chi connectivity index (χ3n) is 1.88. The lowest BCUT2D eigenvalue weighted by molar-refractivity contribution is 0.134. The summed E-state index contributed by atoms with van der Waals surface area (Å²) in [6.45, 7) is 5.06. The number of nitrogens with one attached hydrogen (secondary N) is 2. The molecule has 0 aromatic carbocycles. The lowest BCUT2D eigenvalue weighted by atomic mass is 10.4. The lowest BCUT2D eigenvalue weighted by Crippen LogP contribution is -2.06. The largest absolute Gasteiger partial charge is 0.407 e. The van der Waals surface area contributed by atoms with Gasteiger partial charge in [0.15, 0.2) is 0 Å². The summed E-state index contributed by atoms with van der Waals surface area (Å²) < 4.78 is 10.7. The van der Waals surface area contributed by atoms with Crippen LogP contribution in [0.15, 0.2) is 4.42 Å². The minimum atomic E-state index is 0.473. The highest BCUT2D eigenvalue weighted by molar-refractivity contribution is 5.16. The van der Waals surface area contributed by atoms with Crippen LogP contribution in [-0.2, 0) is 11.3 Å². The molecule has 0 fully saturated rings. The molecule has 0 amide bonds. The van der Waals surface area contributed by atoms with E-state index in [4.69, 9.17) is 9.15 Å². The molecule has 0 saturated carbocycles. The third kappa shape index (κ3) is 5.09. The van der Waals surface area contributed by atoms with Crippen molar-refractivity contribution in [2.24, 2.45) is 0 Å². The summed E-state index contributed by atoms with van der Waals surface area (Å²) in [6.07, 6.45) is 1.99. The van der Waals surface area contributed by atoms with Gasteiger partial charge in [-0.3, -0.25) is 0 Å². The molecule has 0 bridgehead atoms. The van der Waals surface area contributed by atoms with Crippen LogP contribution in [0.25, 0.3) is 0 Å². The lowest BCUT2D eigenvalue weighted by Gasteiger charge is -2.02. The quantitative estimate of drug-likeness (QED) is 0.615. The fraction of sp³-hybridized carbons (Fsp3) is 0.800. The van der Waals surface area contributed by atoms with Crippen LogP contribution in [0, 0.1) is 0 Å². The summed E-state index contributed by atoms with van der Waals surface area (Å²) >= 11 is 0. The summed E-state index contributed by atoms with van der Waals surface area (Å²) in [5, 5.41) is 13.7. The first-order chi connectivity index (χ1) is 7.86. The zero-order chi connectivity index (χ0) is 11.6. The van der Waals surface area contributed by atoms with Crippen LogP contribution in [0.2, 0.25) is 0 Å². The van der Waals surface area contributed by atoms with Crippen LogP contribution in [0.3, 0.4) is 0 Å². The molecule has 1 aromatic heterocycles. The van der Waals surface area contributed by atoms with Crippen molar-refractivity contribution in [2.75, 3.05) is 32.1 Å². The van der Waals surface area contributed by atoms with Gasteiger partial charge in [0.25, 0.3) is 0 Å². The summed E-state index contributed by atoms with van der Waals surface area (Å²) in [7, 11) is 1.84. The van der Waals surface area contributed by atoms with E-state index in [0.29, 0.717) is 18.5 Å². The molecule has 16 heavy (non-hydrogen) atoms. The number of ether oxygens (including phenoxy) is 1. The van der Waals surface area contributed by atoms with E-state index in [2.05, 4.69) is 27.8 Å². The molecule has 1 rings (SSSR count). The molecule has 0 radical (unpaired) electrons. The van der Waals surface area contributed by atoms with Crippen LogP contribution in [0.4, 0.5) is 6.01 Å². The van der Waals surface area contributed by atoms with Gasteiger partial charge in [-0.25, -0.2) is 0 Å². The van der Waals surface area contributed by atoms with Crippen molar-refractivity contribution in [3.63, 3.8) is 0 Å². The molecule has 0 spiro atoms. The maximum Gasteiger partial charge on any atom is 0.315 e. The Kier molecular flexibility index (Phi) is 6.52. The van der Waals surface area contributed by atoms with Crippen LogP contribution < -0.4 is 10.6 Å². The second kappa shape index (κ2) is 8.06.